The van der Waals surface area contributed by atoms with E-state index in [0.29, 0.717) is 13.4 Å². The number of hydrogen-bond donors (Lipinski definition) is 0. The first kappa shape index (κ1) is 41.0. The van der Waals surface area contributed by atoms with Crippen LogP contribution in [0.4, 0.5) is 0 Å². The summed E-state index contributed by atoms with van der Waals surface area (Å²) in [5, 5.41) is 5.19. The van der Waals surface area contributed by atoms with E-state index in [-0.39, 0.29) is 22.2 Å². The van der Waals surface area contributed by atoms with Crippen LogP contribution in [0.3, 0.4) is 0 Å². The molecule has 1 aliphatic heterocycles. The van der Waals surface area contributed by atoms with Crippen molar-refractivity contribution in [1.82, 2.24) is 4.90 Å². The fourth-order valence-electron chi connectivity index (χ4n) is 8.38. The minimum atomic E-state index is -2.66. The van der Waals surface area contributed by atoms with Crippen LogP contribution in [0.1, 0.15) is 67.7 Å². The number of allylic oxidation sites excluding steroid dienone is 1. The molecule has 4 aromatic carbocycles. The molecule has 0 bridgehead atoms. The van der Waals surface area contributed by atoms with Gasteiger partial charge in [0.1, 0.15) is 6.79 Å². The van der Waals surface area contributed by atoms with Gasteiger partial charge in [-0.05, 0) is 57.0 Å². The van der Waals surface area contributed by atoms with E-state index >= 15 is 0 Å². The van der Waals surface area contributed by atoms with Gasteiger partial charge in [-0.3, -0.25) is 4.90 Å². The topological polar surface area (TPSA) is 40.2 Å². The molecule has 284 valence electrons. The first-order chi connectivity index (χ1) is 25.4. The van der Waals surface area contributed by atoms with Crippen LogP contribution in [-0.4, -0.2) is 73.9 Å². The molecule has 4 aromatic rings. The molecule has 0 radical (unpaired) electrons. The zero-order valence-corrected chi connectivity index (χ0v) is 35.5. The highest BCUT2D eigenvalue weighted by Gasteiger charge is 2.51. The van der Waals surface area contributed by atoms with Crippen LogP contribution in [0.5, 0.6) is 0 Å². The SMILES string of the molecule is COCO[C@@H]1C[C@@H](CO[Si](c2ccccc2)(c2ccccc2)C(C)(C)C)N(C/C(C)=C/CCCO[Si](c2ccccc2)(c2ccccc2)C(C)(C)C)C1. The summed E-state index contributed by atoms with van der Waals surface area (Å²) < 4.78 is 26.1. The number of hydrogen-bond acceptors (Lipinski definition) is 5. The lowest BCUT2D eigenvalue weighted by atomic mass is 10.2. The molecular formula is C46H63NO4Si2. The third-order valence-electron chi connectivity index (χ3n) is 10.8. The number of nitrogens with zero attached hydrogens (tertiary/aromatic N) is 1. The number of ether oxygens (including phenoxy) is 2. The second-order valence-electron chi connectivity index (χ2n) is 16.7. The third kappa shape index (κ3) is 9.57. The van der Waals surface area contributed by atoms with Crippen molar-refractivity contribution in [3.05, 3.63) is 133 Å². The van der Waals surface area contributed by atoms with Gasteiger partial charge in [-0.25, -0.2) is 0 Å². The highest BCUT2D eigenvalue weighted by Crippen LogP contribution is 2.38. The molecule has 5 nitrogen and oxygen atoms in total. The Labute approximate surface area is 322 Å². The molecule has 1 fully saturated rings. The molecule has 0 unspecified atom stereocenters. The second kappa shape index (κ2) is 18.5. The van der Waals surface area contributed by atoms with Crippen molar-refractivity contribution in [1.29, 1.82) is 0 Å². The molecule has 1 saturated heterocycles. The van der Waals surface area contributed by atoms with Gasteiger partial charge in [-0.2, -0.15) is 0 Å². The predicted octanol–water partition coefficient (Wildman–Crippen LogP) is 7.93. The van der Waals surface area contributed by atoms with Crippen LogP contribution in [0.2, 0.25) is 10.1 Å². The maximum Gasteiger partial charge on any atom is 0.261 e. The molecule has 0 aromatic heterocycles. The summed E-state index contributed by atoms with van der Waals surface area (Å²) in [6.45, 7) is 19.8. The summed E-state index contributed by atoms with van der Waals surface area (Å²) in [4.78, 5) is 2.57. The molecule has 0 aliphatic carbocycles. The summed E-state index contributed by atoms with van der Waals surface area (Å²) in [5.41, 5.74) is 1.37. The van der Waals surface area contributed by atoms with E-state index in [1.165, 1.54) is 26.3 Å². The van der Waals surface area contributed by atoms with Crippen molar-refractivity contribution in [3.63, 3.8) is 0 Å². The number of methoxy groups -OCH3 is 1. The number of benzene rings is 4. The summed E-state index contributed by atoms with van der Waals surface area (Å²) in [6, 6.07) is 44.0. The highest BCUT2D eigenvalue weighted by molar-refractivity contribution is 7.00. The van der Waals surface area contributed by atoms with Crippen molar-refractivity contribution in [3.8, 4) is 0 Å². The van der Waals surface area contributed by atoms with E-state index in [2.05, 4.69) is 181 Å². The summed E-state index contributed by atoms with van der Waals surface area (Å²) in [5.74, 6) is 0. The molecule has 1 aliphatic rings. The molecule has 0 N–H and O–H groups in total. The summed E-state index contributed by atoms with van der Waals surface area (Å²) in [7, 11) is -3.50. The van der Waals surface area contributed by atoms with Crippen LogP contribution < -0.4 is 20.7 Å². The second-order valence-corrected chi connectivity index (χ2v) is 25.3. The van der Waals surface area contributed by atoms with Crippen molar-refractivity contribution in [2.75, 3.05) is 40.2 Å². The van der Waals surface area contributed by atoms with Gasteiger partial charge in [0.25, 0.3) is 16.6 Å². The Kier molecular flexibility index (Phi) is 14.3. The monoisotopic (exact) mass is 749 g/mol. The van der Waals surface area contributed by atoms with E-state index in [4.69, 9.17) is 18.3 Å². The van der Waals surface area contributed by atoms with Gasteiger partial charge in [0.05, 0.1) is 12.7 Å². The maximum atomic E-state index is 7.44. The van der Waals surface area contributed by atoms with Crippen molar-refractivity contribution >= 4 is 37.4 Å². The van der Waals surface area contributed by atoms with E-state index in [9.17, 15) is 0 Å². The lowest BCUT2D eigenvalue weighted by molar-refractivity contribution is -0.0671. The first-order valence-corrected chi connectivity index (χ1v) is 23.2. The van der Waals surface area contributed by atoms with Gasteiger partial charge >= 0.3 is 0 Å². The van der Waals surface area contributed by atoms with E-state index in [1.807, 2.05) is 0 Å². The number of likely N-dealkylation sites (tertiary alicyclic amines) is 1. The van der Waals surface area contributed by atoms with Gasteiger partial charge < -0.3 is 18.3 Å². The lowest BCUT2D eigenvalue weighted by Gasteiger charge is -2.44. The number of rotatable bonds is 17. The van der Waals surface area contributed by atoms with Crippen LogP contribution in [0.25, 0.3) is 0 Å². The molecule has 53 heavy (non-hydrogen) atoms. The van der Waals surface area contributed by atoms with Crippen LogP contribution in [0, 0.1) is 0 Å². The molecule has 2 atom stereocenters. The highest BCUT2D eigenvalue weighted by atomic mass is 28.4. The van der Waals surface area contributed by atoms with E-state index in [1.54, 1.807) is 7.11 Å². The molecule has 7 heteroatoms. The average molecular weight is 750 g/mol. The first-order valence-electron chi connectivity index (χ1n) is 19.4. The molecular weight excluding hydrogens is 687 g/mol. The molecule has 5 rings (SSSR count). The van der Waals surface area contributed by atoms with E-state index < -0.39 is 16.6 Å². The summed E-state index contributed by atoms with van der Waals surface area (Å²) in [6.07, 6.45) is 5.39. The van der Waals surface area contributed by atoms with Crippen LogP contribution in [0.15, 0.2) is 133 Å². The maximum absolute atomic E-state index is 7.44. The average Bonchev–Trinajstić information content (AvgIpc) is 3.53. The minimum absolute atomic E-state index is 0.0236. The molecule has 0 saturated carbocycles. The van der Waals surface area contributed by atoms with E-state index in [0.717, 1.165) is 39.0 Å². The van der Waals surface area contributed by atoms with Gasteiger partial charge in [-0.1, -0.05) is 175 Å². The Morgan fingerprint density at radius 3 is 1.53 bits per heavy atom. The minimum Gasteiger partial charge on any atom is -0.407 e. The quantitative estimate of drug-likeness (QED) is 0.0475. The lowest BCUT2D eigenvalue weighted by Crippen LogP contribution is -2.67. The Balaban J connectivity index is 1.30. The normalized spacial score (nSPS) is 17.7. The standard InChI is InChI=1S/C46H63NO4Si2/c1-38(23-21-22-32-50-52(45(2,3)4,41-24-13-9-14-25-41)42-26-15-10-16-27-42)34-47-35-40(49-37-48-8)33-39(47)36-51-53(46(5,6)7,43-28-17-11-18-29-43)44-30-19-12-20-31-44/h9-20,23-31,39-40H,21-22,32-37H2,1-8H3/b38-23+/t39-,40+/m0/s1. The van der Waals surface area contributed by atoms with Gasteiger partial charge in [0.15, 0.2) is 0 Å². The Hall–Kier alpha value is -3.15. The van der Waals surface area contributed by atoms with Crippen molar-refractivity contribution in [2.45, 2.75) is 90.0 Å². The number of unbranched alkanes of at least 4 members (excludes halogenated alkanes) is 1. The van der Waals surface area contributed by atoms with Crippen molar-refractivity contribution in [2.24, 2.45) is 0 Å². The van der Waals surface area contributed by atoms with Crippen LogP contribution in [-0.2, 0) is 18.3 Å². The molecule has 1 heterocycles. The zero-order valence-electron chi connectivity index (χ0n) is 33.5. The van der Waals surface area contributed by atoms with Gasteiger partial charge in [0.2, 0.25) is 0 Å². The Bertz CT molecular complexity index is 1610. The Morgan fingerprint density at radius 2 is 1.11 bits per heavy atom. The van der Waals surface area contributed by atoms with Gasteiger partial charge in [-0.15, -0.1) is 0 Å². The van der Waals surface area contributed by atoms with Crippen LogP contribution >= 0.6 is 0 Å². The third-order valence-corrected chi connectivity index (χ3v) is 20.9. The predicted molar refractivity (Wildman–Crippen MR) is 227 cm³/mol. The Morgan fingerprint density at radius 1 is 0.679 bits per heavy atom. The van der Waals surface area contributed by atoms with Gasteiger partial charge in [0, 0.05) is 32.8 Å². The smallest absolute Gasteiger partial charge is 0.261 e. The fourth-order valence-corrected chi connectivity index (χ4v) is 17.6. The molecule has 0 amide bonds. The molecule has 0 spiro atoms. The zero-order chi connectivity index (χ0) is 38.0. The fraction of sp³-hybridized carbons (Fsp3) is 0.435. The summed E-state index contributed by atoms with van der Waals surface area (Å²) >= 11 is 0. The van der Waals surface area contributed by atoms with Crippen molar-refractivity contribution < 1.29 is 18.3 Å². The largest absolute Gasteiger partial charge is 0.407 e.